The molecule has 0 saturated carbocycles. The maximum Gasteiger partial charge on any atom is 0.309 e. The van der Waals surface area contributed by atoms with Gasteiger partial charge in [0.05, 0.1) is 16.7 Å². The van der Waals surface area contributed by atoms with Crippen LogP contribution in [0.3, 0.4) is 0 Å². The van der Waals surface area contributed by atoms with E-state index in [0.717, 1.165) is 9.76 Å². The van der Waals surface area contributed by atoms with Crippen molar-refractivity contribution in [1.82, 2.24) is 0 Å². The summed E-state index contributed by atoms with van der Waals surface area (Å²) in [5.74, 6) is 0.379. The Morgan fingerprint density at radius 2 is 2.06 bits per heavy atom. The molecule has 1 unspecified atom stereocenters. The molecule has 0 bridgehead atoms. The van der Waals surface area contributed by atoms with Crippen molar-refractivity contribution >= 4 is 34.1 Å². The number of benzene rings is 1. The lowest BCUT2D eigenvalue weighted by Crippen LogP contribution is -2.17. The zero-order chi connectivity index (χ0) is 12.7. The molecule has 1 atom stereocenters. The van der Waals surface area contributed by atoms with Gasteiger partial charge in [0, 0.05) is 5.75 Å². The van der Waals surface area contributed by atoms with E-state index in [0.29, 0.717) is 12.4 Å². The van der Waals surface area contributed by atoms with Gasteiger partial charge in [-0.3, -0.25) is 4.79 Å². The van der Waals surface area contributed by atoms with Crippen LogP contribution >= 0.6 is 24.0 Å². The lowest BCUT2D eigenvalue weighted by Gasteiger charge is -2.10. The van der Waals surface area contributed by atoms with Gasteiger partial charge in [0.15, 0.2) is 0 Å². The molecule has 1 aromatic carbocycles. The minimum absolute atomic E-state index is 0.124. The summed E-state index contributed by atoms with van der Waals surface area (Å²) in [7, 11) is 0. The first-order valence-electron chi connectivity index (χ1n) is 5.54. The smallest absolute Gasteiger partial charge is 0.309 e. The predicted molar refractivity (Wildman–Crippen MR) is 76.4 cm³/mol. The highest BCUT2D eigenvalue weighted by Gasteiger charge is 2.15. The number of carbonyl (C=O) groups excluding carboxylic acids is 1. The van der Waals surface area contributed by atoms with Crippen molar-refractivity contribution in [2.45, 2.75) is 13.8 Å². The van der Waals surface area contributed by atoms with Crippen molar-refractivity contribution in [2.75, 3.05) is 12.4 Å². The third kappa shape index (κ3) is 4.88. The van der Waals surface area contributed by atoms with E-state index in [4.69, 9.17) is 17.0 Å². The largest absolute Gasteiger partial charge is 0.466 e. The van der Waals surface area contributed by atoms with E-state index in [1.54, 1.807) is 0 Å². The molecule has 1 aromatic rings. The van der Waals surface area contributed by atoms with Gasteiger partial charge >= 0.3 is 5.97 Å². The predicted octanol–water partition coefficient (Wildman–Crippen LogP) is 3.29. The van der Waals surface area contributed by atoms with Crippen molar-refractivity contribution in [2.24, 2.45) is 5.92 Å². The molecule has 0 aliphatic carbocycles. The molecule has 0 radical (unpaired) electrons. The minimum atomic E-state index is -0.157. The van der Waals surface area contributed by atoms with Crippen LogP contribution in [-0.2, 0) is 9.53 Å². The molecule has 17 heavy (non-hydrogen) atoms. The van der Waals surface area contributed by atoms with E-state index in [1.807, 2.05) is 44.2 Å². The first-order valence-corrected chi connectivity index (χ1v) is 6.93. The van der Waals surface area contributed by atoms with Crippen molar-refractivity contribution in [1.29, 1.82) is 0 Å². The van der Waals surface area contributed by atoms with Gasteiger partial charge < -0.3 is 4.74 Å². The second-order valence-electron chi connectivity index (χ2n) is 3.62. The average Bonchev–Trinajstić information content (AvgIpc) is 2.36. The Hall–Kier alpha value is -0.870. The highest BCUT2D eigenvalue weighted by Crippen LogP contribution is 2.17. The van der Waals surface area contributed by atoms with Crippen molar-refractivity contribution in [3.8, 4) is 0 Å². The summed E-state index contributed by atoms with van der Waals surface area (Å²) in [5, 5.41) is 0. The van der Waals surface area contributed by atoms with E-state index < -0.39 is 0 Å². The number of thiocarbonyl (C=S) groups is 1. The van der Waals surface area contributed by atoms with E-state index in [1.165, 1.54) is 11.8 Å². The number of thioether (sulfide) groups is 1. The van der Waals surface area contributed by atoms with Gasteiger partial charge in [-0.05, 0) is 12.5 Å². The van der Waals surface area contributed by atoms with Crippen LogP contribution in [0.15, 0.2) is 30.3 Å². The summed E-state index contributed by atoms with van der Waals surface area (Å²) in [5.41, 5.74) is 1.03. The van der Waals surface area contributed by atoms with E-state index >= 15 is 0 Å². The number of hydrogen-bond donors (Lipinski definition) is 0. The van der Waals surface area contributed by atoms with Crippen LogP contribution in [0.4, 0.5) is 0 Å². The third-order valence-corrected chi connectivity index (χ3v) is 3.92. The molecule has 0 aliphatic heterocycles. The molecule has 0 N–H and O–H groups in total. The Labute approximate surface area is 112 Å². The molecule has 0 aromatic heterocycles. The number of carbonyl (C=O) groups is 1. The molecule has 0 heterocycles. The van der Waals surface area contributed by atoms with Crippen LogP contribution < -0.4 is 0 Å². The van der Waals surface area contributed by atoms with Gasteiger partial charge in [-0.15, -0.1) is 11.8 Å². The monoisotopic (exact) mass is 268 g/mol. The van der Waals surface area contributed by atoms with Gasteiger partial charge in [-0.2, -0.15) is 0 Å². The van der Waals surface area contributed by atoms with Crippen LogP contribution in [-0.4, -0.2) is 22.5 Å². The molecule has 0 fully saturated rings. The summed E-state index contributed by atoms with van der Waals surface area (Å²) < 4.78 is 5.77. The van der Waals surface area contributed by atoms with Gasteiger partial charge in [0.1, 0.15) is 0 Å². The fourth-order valence-electron chi connectivity index (χ4n) is 1.21. The second kappa shape index (κ2) is 7.45. The highest BCUT2D eigenvalue weighted by molar-refractivity contribution is 8.23. The molecular formula is C13H16O2S2. The number of rotatable bonds is 5. The second-order valence-corrected chi connectivity index (χ2v) is 5.31. The zero-order valence-electron chi connectivity index (χ0n) is 10.0. The maximum atomic E-state index is 11.4. The molecule has 0 amide bonds. The van der Waals surface area contributed by atoms with Gasteiger partial charge in [0.25, 0.3) is 0 Å². The molecule has 0 saturated heterocycles. The molecule has 2 nitrogen and oxygen atoms in total. The quantitative estimate of drug-likeness (QED) is 0.604. The zero-order valence-corrected chi connectivity index (χ0v) is 11.6. The molecular weight excluding hydrogens is 252 g/mol. The molecule has 0 aliphatic rings. The van der Waals surface area contributed by atoms with Crippen LogP contribution in [0.1, 0.15) is 19.4 Å². The van der Waals surface area contributed by atoms with Gasteiger partial charge in [0.2, 0.25) is 0 Å². The molecule has 1 rings (SSSR count). The Kier molecular flexibility index (Phi) is 6.22. The summed E-state index contributed by atoms with van der Waals surface area (Å²) >= 11 is 6.82. The number of ether oxygens (including phenoxy) is 1. The van der Waals surface area contributed by atoms with Gasteiger partial charge in [-0.1, -0.05) is 49.5 Å². The maximum absolute atomic E-state index is 11.4. The van der Waals surface area contributed by atoms with Crippen LogP contribution in [0.5, 0.6) is 0 Å². The van der Waals surface area contributed by atoms with Crippen LogP contribution in [0.2, 0.25) is 0 Å². The SMILES string of the molecule is CCOC(=O)C(C)CSC(=S)c1ccccc1. The topological polar surface area (TPSA) is 26.3 Å². The standard InChI is InChI=1S/C13H16O2S2/c1-3-15-12(14)10(2)9-17-13(16)11-7-5-4-6-8-11/h4-8,10H,3,9H2,1-2H3. The van der Waals surface area contributed by atoms with Crippen molar-refractivity contribution in [3.63, 3.8) is 0 Å². The third-order valence-electron chi connectivity index (χ3n) is 2.16. The highest BCUT2D eigenvalue weighted by atomic mass is 32.2. The summed E-state index contributed by atoms with van der Waals surface area (Å²) in [4.78, 5) is 11.4. The van der Waals surface area contributed by atoms with Crippen LogP contribution in [0, 0.1) is 5.92 Å². The molecule has 4 heteroatoms. The Balaban J connectivity index is 2.41. The Bertz CT molecular complexity index is 376. The lowest BCUT2D eigenvalue weighted by molar-refractivity contribution is -0.146. The van der Waals surface area contributed by atoms with Crippen molar-refractivity contribution in [3.05, 3.63) is 35.9 Å². The fraction of sp³-hybridized carbons (Fsp3) is 0.385. The normalized spacial score (nSPS) is 11.9. The van der Waals surface area contributed by atoms with Crippen molar-refractivity contribution < 1.29 is 9.53 Å². The van der Waals surface area contributed by atoms with Gasteiger partial charge in [-0.25, -0.2) is 0 Å². The Morgan fingerprint density at radius 3 is 2.65 bits per heavy atom. The lowest BCUT2D eigenvalue weighted by atomic mass is 10.2. The first kappa shape index (κ1) is 14.2. The average molecular weight is 268 g/mol. The summed E-state index contributed by atoms with van der Waals surface area (Å²) in [6.07, 6.45) is 0. The first-order chi connectivity index (χ1) is 8.15. The minimum Gasteiger partial charge on any atom is -0.466 e. The Morgan fingerprint density at radius 1 is 1.41 bits per heavy atom. The van der Waals surface area contributed by atoms with Crippen LogP contribution in [0.25, 0.3) is 0 Å². The van der Waals surface area contributed by atoms with E-state index in [-0.39, 0.29) is 11.9 Å². The molecule has 0 spiro atoms. The number of hydrogen-bond acceptors (Lipinski definition) is 4. The summed E-state index contributed by atoms with van der Waals surface area (Å²) in [6, 6.07) is 9.82. The van der Waals surface area contributed by atoms with E-state index in [9.17, 15) is 4.79 Å². The number of esters is 1. The molecule has 92 valence electrons. The fourth-order valence-corrected chi connectivity index (χ4v) is 2.39. The van der Waals surface area contributed by atoms with E-state index in [2.05, 4.69) is 0 Å². The summed E-state index contributed by atoms with van der Waals surface area (Å²) in [6.45, 7) is 4.10.